The van der Waals surface area contributed by atoms with Crippen molar-refractivity contribution >= 4 is 17.5 Å². The fourth-order valence-corrected chi connectivity index (χ4v) is 1.58. The van der Waals surface area contributed by atoms with E-state index in [2.05, 4.69) is 11.9 Å². The molecule has 1 aromatic carbocycles. The number of carbonyl (C=O) groups excluding carboxylic acids is 1. The number of alkyl halides is 1. The Kier molecular flexibility index (Phi) is 3.92. The van der Waals surface area contributed by atoms with Gasteiger partial charge in [-0.15, -0.1) is 0 Å². The number of hydrogen-bond donors (Lipinski definition) is 1. The van der Waals surface area contributed by atoms with E-state index in [0.717, 1.165) is 5.56 Å². The van der Waals surface area contributed by atoms with Crippen molar-refractivity contribution in [3.63, 3.8) is 0 Å². The van der Waals surface area contributed by atoms with Gasteiger partial charge < -0.3 is 5.32 Å². The molecule has 0 aliphatic heterocycles. The summed E-state index contributed by atoms with van der Waals surface area (Å²) in [5.41, 5.74) is 1.08. The van der Waals surface area contributed by atoms with Crippen LogP contribution in [0.25, 0.3) is 0 Å². The molecule has 1 aromatic rings. The van der Waals surface area contributed by atoms with Crippen molar-refractivity contribution in [3.05, 3.63) is 48.6 Å². The van der Waals surface area contributed by atoms with Crippen molar-refractivity contribution in [3.8, 4) is 0 Å². The zero-order valence-corrected chi connectivity index (χ0v) is 9.42. The molecule has 1 N–H and O–H groups in total. The summed E-state index contributed by atoms with van der Waals surface area (Å²) in [5, 5.41) is 2.66. The van der Waals surface area contributed by atoms with Crippen LogP contribution in [-0.2, 0) is 11.2 Å². The Labute approximate surface area is 94.9 Å². The zero-order valence-electron chi connectivity index (χ0n) is 8.66. The molecule has 80 valence electrons. The zero-order chi connectivity index (χ0) is 11.3. The van der Waals surface area contributed by atoms with Crippen LogP contribution in [0.15, 0.2) is 43.0 Å². The lowest BCUT2D eigenvalue weighted by atomic mass is 10.1. The molecule has 1 unspecified atom stereocenters. The van der Waals surface area contributed by atoms with Crippen LogP contribution in [-0.4, -0.2) is 10.9 Å². The molecule has 0 saturated heterocycles. The van der Waals surface area contributed by atoms with Crippen molar-refractivity contribution in [1.82, 2.24) is 5.32 Å². The largest absolute Gasteiger partial charge is 0.334 e. The van der Waals surface area contributed by atoms with E-state index >= 15 is 0 Å². The number of hydrogen-bond acceptors (Lipinski definition) is 1. The first kappa shape index (κ1) is 11.8. The molecule has 1 rings (SSSR count). The Morgan fingerprint density at radius 3 is 2.67 bits per heavy atom. The highest BCUT2D eigenvalue weighted by molar-refractivity contribution is 6.24. The van der Waals surface area contributed by atoms with Crippen molar-refractivity contribution in [2.75, 3.05) is 0 Å². The number of amides is 1. The molecule has 0 aromatic heterocycles. The van der Waals surface area contributed by atoms with Gasteiger partial charge in [-0.05, 0) is 18.6 Å². The number of benzene rings is 1. The minimum absolute atomic E-state index is 0.261. The average Bonchev–Trinajstić information content (AvgIpc) is 2.17. The molecular weight excluding hydrogens is 210 g/mol. The van der Waals surface area contributed by atoms with Crippen LogP contribution in [0.3, 0.4) is 0 Å². The summed E-state index contributed by atoms with van der Waals surface area (Å²) in [6, 6.07) is 9.77. The first-order valence-electron chi connectivity index (χ1n) is 4.71. The molecule has 0 saturated carbocycles. The predicted molar refractivity (Wildman–Crippen MR) is 62.7 cm³/mol. The number of nitrogens with one attached hydrogen (secondary N) is 1. The van der Waals surface area contributed by atoms with E-state index in [9.17, 15) is 4.79 Å². The second-order valence-electron chi connectivity index (χ2n) is 3.55. The topological polar surface area (TPSA) is 29.1 Å². The quantitative estimate of drug-likeness (QED) is 0.474. The van der Waals surface area contributed by atoms with E-state index < -0.39 is 5.00 Å². The molecule has 1 amide bonds. The Balaban J connectivity index is 2.64. The van der Waals surface area contributed by atoms with Gasteiger partial charge in [0.2, 0.25) is 5.91 Å². The summed E-state index contributed by atoms with van der Waals surface area (Å²) in [6.45, 7) is 5.15. The molecule has 2 nitrogen and oxygen atoms in total. The predicted octanol–water partition coefficient (Wildman–Crippen LogP) is 2.49. The van der Waals surface area contributed by atoms with Crippen LogP contribution in [0, 0.1) is 0 Å². The highest BCUT2D eigenvalue weighted by Crippen LogP contribution is 2.17. The minimum atomic E-state index is -0.771. The summed E-state index contributed by atoms with van der Waals surface area (Å²) in [7, 11) is 0. The lowest BCUT2D eigenvalue weighted by Gasteiger charge is -2.22. The molecule has 0 heterocycles. The normalized spacial score (nSPS) is 14.0. The Morgan fingerprint density at radius 2 is 2.13 bits per heavy atom. The highest BCUT2D eigenvalue weighted by Gasteiger charge is 2.22. The second kappa shape index (κ2) is 4.99. The van der Waals surface area contributed by atoms with Crippen LogP contribution in [0.4, 0.5) is 0 Å². The summed E-state index contributed by atoms with van der Waals surface area (Å²) in [5.74, 6) is -0.261. The van der Waals surface area contributed by atoms with Crippen molar-refractivity contribution in [1.29, 1.82) is 0 Å². The van der Waals surface area contributed by atoms with Gasteiger partial charge in [0, 0.05) is 6.42 Å². The summed E-state index contributed by atoms with van der Waals surface area (Å²) in [4.78, 5) is 10.3. The lowest BCUT2D eigenvalue weighted by molar-refractivity contribution is -0.117. The van der Waals surface area contributed by atoms with Crippen LogP contribution in [0.2, 0.25) is 0 Å². The Morgan fingerprint density at radius 1 is 1.53 bits per heavy atom. The lowest BCUT2D eigenvalue weighted by Crippen LogP contribution is -2.42. The number of rotatable bonds is 4. The fraction of sp³-hybridized carbons (Fsp3) is 0.250. The first-order chi connectivity index (χ1) is 7.03. The molecule has 3 heteroatoms. The molecule has 0 spiro atoms. The van der Waals surface area contributed by atoms with Crippen molar-refractivity contribution in [2.45, 2.75) is 18.3 Å². The SMILES string of the molecule is C=CC(=O)NC(C)(Cl)Cc1ccccc1. The molecular formula is C12H14ClNO. The van der Waals surface area contributed by atoms with E-state index in [-0.39, 0.29) is 5.91 Å². The van der Waals surface area contributed by atoms with E-state index in [0.29, 0.717) is 6.42 Å². The van der Waals surface area contributed by atoms with E-state index in [4.69, 9.17) is 11.6 Å². The third kappa shape index (κ3) is 4.17. The first-order valence-corrected chi connectivity index (χ1v) is 5.09. The maximum absolute atomic E-state index is 11.1. The van der Waals surface area contributed by atoms with Gasteiger partial charge in [-0.3, -0.25) is 4.79 Å². The van der Waals surface area contributed by atoms with Gasteiger partial charge in [0.1, 0.15) is 5.00 Å². The minimum Gasteiger partial charge on any atom is -0.334 e. The second-order valence-corrected chi connectivity index (χ2v) is 4.39. The molecule has 1 atom stereocenters. The van der Waals surface area contributed by atoms with E-state index in [1.165, 1.54) is 6.08 Å². The van der Waals surface area contributed by atoms with Gasteiger partial charge >= 0.3 is 0 Å². The Bertz CT molecular complexity index is 346. The average molecular weight is 224 g/mol. The van der Waals surface area contributed by atoms with Crippen molar-refractivity contribution in [2.24, 2.45) is 0 Å². The molecule has 0 fully saturated rings. The van der Waals surface area contributed by atoms with Gasteiger partial charge in [0.15, 0.2) is 0 Å². The van der Waals surface area contributed by atoms with Crippen molar-refractivity contribution < 1.29 is 4.79 Å². The standard InChI is InChI=1S/C12H14ClNO/c1-3-11(15)14-12(2,13)9-10-7-5-4-6-8-10/h3-8H,1,9H2,2H3,(H,14,15). The van der Waals surface area contributed by atoms with E-state index in [1.54, 1.807) is 6.92 Å². The third-order valence-corrected chi connectivity index (χ3v) is 2.18. The monoisotopic (exact) mass is 223 g/mol. The highest BCUT2D eigenvalue weighted by atomic mass is 35.5. The molecule has 15 heavy (non-hydrogen) atoms. The fourth-order valence-electron chi connectivity index (χ4n) is 1.33. The molecule has 0 aliphatic carbocycles. The van der Waals surface area contributed by atoms with Gasteiger partial charge in [-0.25, -0.2) is 0 Å². The summed E-state index contributed by atoms with van der Waals surface area (Å²) in [6.07, 6.45) is 1.79. The summed E-state index contributed by atoms with van der Waals surface area (Å²) < 4.78 is 0. The van der Waals surface area contributed by atoms with Gasteiger partial charge in [-0.2, -0.15) is 0 Å². The van der Waals surface area contributed by atoms with Gasteiger partial charge in [0.05, 0.1) is 0 Å². The molecule has 0 bridgehead atoms. The number of carbonyl (C=O) groups is 1. The van der Waals surface area contributed by atoms with Gasteiger partial charge in [-0.1, -0.05) is 48.5 Å². The maximum Gasteiger partial charge on any atom is 0.244 e. The van der Waals surface area contributed by atoms with Gasteiger partial charge in [0.25, 0.3) is 0 Å². The summed E-state index contributed by atoms with van der Waals surface area (Å²) >= 11 is 6.16. The molecule has 0 radical (unpaired) electrons. The Hall–Kier alpha value is -1.28. The van der Waals surface area contributed by atoms with Crippen LogP contribution in [0.5, 0.6) is 0 Å². The maximum atomic E-state index is 11.1. The third-order valence-electron chi connectivity index (χ3n) is 1.95. The van der Waals surface area contributed by atoms with Crippen LogP contribution < -0.4 is 5.32 Å². The van der Waals surface area contributed by atoms with Crippen LogP contribution in [0.1, 0.15) is 12.5 Å². The van der Waals surface area contributed by atoms with E-state index in [1.807, 2.05) is 30.3 Å². The molecule has 0 aliphatic rings. The smallest absolute Gasteiger partial charge is 0.244 e. The van der Waals surface area contributed by atoms with Crippen LogP contribution >= 0.6 is 11.6 Å². The number of halogens is 1.